The molecular formula is C18H21ClFNO. The van der Waals surface area contributed by atoms with Crippen LogP contribution in [0.25, 0.3) is 0 Å². The summed E-state index contributed by atoms with van der Waals surface area (Å²) in [5.74, 6) is 0.988. The number of rotatable bonds is 7. The number of ether oxygens (including phenoxy) is 1. The average molecular weight is 322 g/mol. The van der Waals surface area contributed by atoms with Crippen LogP contribution in [0.4, 0.5) is 4.39 Å². The van der Waals surface area contributed by atoms with Crippen LogP contribution in [0, 0.1) is 11.7 Å². The molecule has 2 aromatic rings. The van der Waals surface area contributed by atoms with E-state index in [0.717, 1.165) is 13.1 Å². The van der Waals surface area contributed by atoms with Gasteiger partial charge in [0.1, 0.15) is 18.2 Å². The van der Waals surface area contributed by atoms with Gasteiger partial charge in [-0.1, -0.05) is 43.6 Å². The van der Waals surface area contributed by atoms with Crippen molar-refractivity contribution in [3.05, 3.63) is 64.4 Å². The maximum Gasteiger partial charge on any atom is 0.131 e. The molecule has 22 heavy (non-hydrogen) atoms. The van der Waals surface area contributed by atoms with Gasteiger partial charge in [-0.25, -0.2) is 4.39 Å². The van der Waals surface area contributed by atoms with Gasteiger partial charge in [0.2, 0.25) is 0 Å². The summed E-state index contributed by atoms with van der Waals surface area (Å²) in [7, 11) is 0. The number of hydrogen-bond donors (Lipinski definition) is 1. The largest absolute Gasteiger partial charge is 0.489 e. The van der Waals surface area contributed by atoms with Gasteiger partial charge in [-0.05, 0) is 42.3 Å². The van der Waals surface area contributed by atoms with Gasteiger partial charge in [-0.3, -0.25) is 0 Å². The minimum absolute atomic E-state index is 0.121. The molecule has 0 aliphatic carbocycles. The van der Waals surface area contributed by atoms with Crippen molar-refractivity contribution < 1.29 is 9.13 Å². The topological polar surface area (TPSA) is 21.3 Å². The molecule has 0 fully saturated rings. The smallest absolute Gasteiger partial charge is 0.131 e. The SMILES string of the molecule is CC(C)CNCc1ccc(OCc2c(F)cccc2Cl)cc1. The van der Waals surface area contributed by atoms with E-state index >= 15 is 0 Å². The van der Waals surface area contributed by atoms with Gasteiger partial charge in [0.15, 0.2) is 0 Å². The molecule has 0 amide bonds. The first kappa shape index (κ1) is 16.8. The monoisotopic (exact) mass is 321 g/mol. The Hall–Kier alpha value is -1.58. The van der Waals surface area contributed by atoms with Crippen LogP contribution in [0.3, 0.4) is 0 Å². The van der Waals surface area contributed by atoms with Crippen LogP contribution in [-0.2, 0) is 13.2 Å². The van der Waals surface area contributed by atoms with Crippen molar-refractivity contribution in [1.29, 1.82) is 0 Å². The van der Waals surface area contributed by atoms with E-state index in [0.29, 0.717) is 22.3 Å². The fourth-order valence-corrected chi connectivity index (χ4v) is 2.25. The average Bonchev–Trinajstić information content (AvgIpc) is 2.48. The molecule has 0 saturated heterocycles. The number of benzene rings is 2. The highest BCUT2D eigenvalue weighted by molar-refractivity contribution is 6.31. The molecule has 4 heteroatoms. The van der Waals surface area contributed by atoms with Gasteiger partial charge in [0.05, 0.1) is 5.02 Å². The van der Waals surface area contributed by atoms with Gasteiger partial charge in [0.25, 0.3) is 0 Å². The first-order valence-electron chi connectivity index (χ1n) is 7.41. The molecule has 0 bridgehead atoms. The van der Waals surface area contributed by atoms with Crippen LogP contribution in [0.2, 0.25) is 5.02 Å². The van der Waals surface area contributed by atoms with Crippen LogP contribution in [-0.4, -0.2) is 6.54 Å². The van der Waals surface area contributed by atoms with Crippen molar-refractivity contribution in [2.45, 2.75) is 27.0 Å². The fourth-order valence-electron chi connectivity index (χ4n) is 2.03. The van der Waals surface area contributed by atoms with E-state index in [-0.39, 0.29) is 12.4 Å². The lowest BCUT2D eigenvalue weighted by Crippen LogP contribution is -2.18. The first-order chi connectivity index (χ1) is 10.6. The van der Waals surface area contributed by atoms with Crippen molar-refractivity contribution >= 4 is 11.6 Å². The highest BCUT2D eigenvalue weighted by Crippen LogP contribution is 2.21. The minimum Gasteiger partial charge on any atom is -0.489 e. The Morgan fingerprint density at radius 3 is 2.50 bits per heavy atom. The van der Waals surface area contributed by atoms with E-state index in [2.05, 4.69) is 19.2 Å². The highest BCUT2D eigenvalue weighted by Gasteiger charge is 2.07. The second-order valence-electron chi connectivity index (χ2n) is 5.66. The summed E-state index contributed by atoms with van der Waals surface area (Å²) in [5.41, 5.74) is 1.57. The molecule has 2 aromatic carbocycles. The number of nitrogens with one attached hydrogen (secondary N) is 1. The highest BCUT2D eigenvalue weighted by atomic mass is 35.5. The lowest BCUT2D eigenvalue weighted by molar-refractivity contribution is 0.300. The normalized spacial score (nSPS) is 11.0. The molecule has 0 aliphatic rings. The van der Waals surface area contributed by atoms with Crippen LogP contribution >= 0.6 is 11.6 Å². The third kappa shape index (κ3) is 5.00. The van der Waals surface area contributed by atoms with E-state index in [1.54, 1.807) is 12.1 Å². The van der Waals surface area contributed by atoms with Crippen LogP contribution in [0.5, 0.6) is 5.75 Å². The van der Waals surface area contributed by atoms with E-state index in [4.69, 9.17) is 16.3 Å². The Morgan fingerprint density at radius 1 is 1.14 bits per heavy atom. The van der Waals surface area contributed by atoms with Gasteiger partial charge in [-0.2, -0.15) is 0 Å². The van der Waals surface area contributed by atoms with Gasteiger partial charge in [-0.15, -0.1) is 0 Å². The fraction of sp³-hybridized carbons (Fsp3) is 0.333. The maximum atomic E-state index is 13.6. The molecule has 0 saturated carbocycles. The zero-order chi connectivity index (χ0) is 15.9. The lowest BCUT2D eigenvalue weighted by Gasteiger charge is -2.10. The van der Waals surface area contributed by atoms with E-state index in [1.807, 2.05) is 24.3 Å². The minimum atomic E-state index is -0.345. The molecule has 0 atom stereocenters. The Bertz CT molecular complexity index is 578. The molecule has 0 aromatic heterocycles. The molecule has 2 nitrogen and oxygen atoms in total. The second-order valence-corrected chi connectivity index (χ2v) is 6.06. The Morgan fingerprint density at radius 2 is 1.86 bits per heavy atom. The summed E-state index contributed by atoms with van der Waals surface area (Å²) >= 11 is 5.98. The van der Waals surface area contributed by atoms with Crippen molar-refractivity contribution in [1.82, 2.24) is 5.32 Å². The molecule has 0 spiro atoms. The molecule has 2 rings (SSSR count). The molecule has 0 aliphatic heterocycles. The Labute approximate surface area is 136 Å². The van der Waals surface area contributed by atoms with Gasteiger partial charge in [0, 0.05) is 12.1 Å². The standard InChI is InChI=1S/C18H21ClFNO/c1-13(2)10-21-11-14-6-8-15(9-7-14)22-12-16-17(19)4-3-5-18(16)20/h3-9,13,21H,10-12H2,1-2H3. The molecular weight excluding hydrogens is 301 g/mol. The van der Waals surface area contributed by atoms with Crippen molar-refractivity contribution in [3.8, 4) is 5.75 Å². The maximum absolute atomic E-state index is 13.6. The van der Waals surface area contributed by atoms with Gasteiger partial charge < -0.3 is 10.1 Å². The molecule has 1 N–H and O–H groups in total. The van der Waals surface area contributed by atoms with Crippen molar-refractivity contribution in [2.75, 3.05) is 6.54 Å². The lowest BCUT2D eigenvalue weighted by atomic mass is 10.2. The van der Waals surface area contributed by atoms with Crippen molar-refractivity contribution in [3.63, 3.8) is 0 Å². The van der Waals surface area contributed by atoms with Crippen LogP contribution < -0.4 is 10.1 Å². The third-order valence-electron chi connectivity index (χ3n) is 3.25. The summed E-state index contributed by atoms with van der Waals surface area (Å²) in [6.45, 7) is 6.30. The number of hydrogen-bond acceptors (Lipinski definition) is 2. The second kappa shape index (κ2) is 8.16. The number of halogens is 2. The first-order valence-corrected chi connectivity index (χ1v) is 7.79. The van der Waals surface area contributed by atoms with Crippen LogP contribution in [0.1, 0.15) is 25.0 Å². The van der Waals surface area contributed by atoms with Gasteiger partial charge >= 0.3 is 0 Å². The van der Waals surface area contributed by atoms with Crippen molar-refractivity contribution in [2.24, 2.45) is 5.92 Å². The zero-order valence-corrected chi connectivity index (χ0v) is 13.7. The predicted molar refractivity (Wildman–Crippen MR) is 88.7 cm³/mol. The summed E-state index contributed by atoms with van der Waals surface area (Å²) in [6, 6.07) is 12.4. The summed E-state index contributed by atoms with van der Waals surface area (Å²) in [4.78, 5) is 0. The van der Waals surface area contributed by atoms with E-state index in [1.165, 1.54) is 11.6 Å². The van der Waals surface area contributed by atoms with E-state index in [9.17, 15) is 4.39 Å². The predicted octanol–water partition coefficient (Wildman–Crippen LogP) is 4.80. The molecule has 0 heterocycles. The molecule has 0 radical (unpaired) electrons. The zero-order valence-electron chi connectivity index (χ0n) is 12.9. The summed E-state index contributed by atoms with van der Waals surface area (Å²) in [5, 5.41) is 3.77. The Kier molecular flexibility index (Phi) is 6.22. The Balaban J connectivity index is 1.89. The quantitative estimate of drug-likeness (QED) is 0.790. The third-order valence-corrected chi connectivity index (χ3v) is 3.60. The van der Waals surface area contributed by atoms with Crippen LogP contribution in [0.15, 0.2) is 42.5 Å². The molecule has 0 unspecified atom stereocenters. The summed E-state index contributed by atoms with van der Waals surface area (Å²) < 4.78 is 19.3. The van der Waals surface area contributed by atoms with E-state index < -0.39 is 0 Å². The molecule has 118 valence electrons. The summed E-state index contributed by atoms with van der Waals surface area (Å²) in [6.07, 6.45) is 0.